The van der Waals surface area contributed by atoms with Gasteiger partial charge in [-0.2, -0.15) is 5.10 Å². The molecule has 0 radical (unpaired) electrons. The van der Waals surface area contributed by atoms with Gasteiger partial charge in [0.05, 0.1) is 11.7 Å². The van der Waals surface area contributed by atoms with Gasteiger partial charge in [-0.1, -0.05) is 22.0 Å². The number of nitrogens with one attached hydrogen (secondary N) is 1. The van der Waals surface area contributed by atoms with E-state index in [1.165, 1.54) is 35.2 Å². The maximum Gasteiger partial charge on any atom is 0.0872 e. The Balaban J connectivity index is 2.11. The quantitative estimate of drug-likeness (QED) is 0.916. The van der Waals surface area contributed by atoms with Crippen molar-refractivity contribution in [1.29, 1.82) is 0 Å². The summed E-state index contributed by atoms with van der Waals surface area (Å²) < 4.78 is 3.03. The summed E-state index contributed by atoms with van der Waals surface area (Å²) in [6.07, 6.45) is 4.54. The standard InChI is InChI=1S/C15H18BrN3/c1-10-5-6-11(16)8-12(10)13-9-19(2)18-15(13)14-4-3-7-17-14/h5-6,8-9,14,17H,3-4,7H2,1-2H3. The number of rotatable bonds is 2. The van der Waals surface area contributed by atoms with E-state index < -0.39 is 0 Å². The summed E-state index contributed by atoms with van der Waals surface area (Å²) in [4.78, 5) is 0. The van der Waals surface area contributed by atoms with Crippen molar-refractivity contribution in [1.82, 2.24) is 15.1 Å². The van der Waals surface area contributed by atoms with Gasteiger partial charge in [-0.25, -0.2) is 0 Å². The van der Waals surface area contributed by atoms with Crippen LogP contribution in [0.15, 0.2) is 28.9 Å². The van der Waals surface area contributed by atoms with Gasteiger partial charge in [-0.05, 0) is 49.6 Å². The lowest BCUT2D eigenvalue weighted by Gasteiger charge is -2.11. The van der Waals surface area contributed by atoms with Gasteiger partial charge in [0.2, 0.25) is 0 Å². The van der Waals surface area contributed by atoms with Gasteiger partial charge in [0.15, 0.2) is 0 Å². The topological polar surface area (TPSA) is 29.9 Å². The Bertz CT molecular complexity index is 597. The molecular weight excluding hydrogens is 302 g/mol. The van der Waals surface area contributed by atoms with Crippen molar-refractivity contribution in [3.8, 4) is 11.1 Å². The van der Waals surface area contributed by atoms with E-state index in [2.05, 4.69) is 57.7 Å². The largest absolute Gasteiger partial charge is 0.309 e. The molecule has 1 unspecified atom stereocenters. The van der Waals surface area contributed by atoms with Gasteiger partial charge in [0.1, 0.15) is 0 Å². The number of benzene rings is 1. The van der Waals surface area contributed by atoms with E-state index >= 15 is 0 Å². The first kappa shape index (κ1) is 12.9. The average Bonchev–Trinajstić information content (AvgIpc) is 3.00. The zero-order valence-electron chi connectivity index (χ0n) is 11.3. The highest BCUT2D eigenvalue weighted by Gasteiger charge is 2.23. The van der Waals surface area contributed by atoms with Crippen molar-refractivity contribution in [2.24, 2.45) is 7.05 Å². The van der Waals surface area contributed by atoms with Gasteiger partial charge in [0.25, 0.3) is 0 Å². The highest BCUT2D eigenvalue weighted by Crippen LogP contribution is 2.34. The predicted molar refractivity (Wildman–Crippen MR) is 81.1 cm³/mol. The minimum absolute atomic E-state index is 0.398. The zero-order valence-corrected chi connectivity index (χ0v) is 12.9. The monoisotopic (exact) mass is 319 g/mol. The van der Waals surface area contributed by atoms with Crippen LogP contribution in [-0.2, 0) is 7.05 Å². The summed E-state index contributed by atoms with van der Waals surface area (Å²) in [5, 5.41) is 8.22. The van der Waals surface area contributed by atoms with Gasteiger partial charge < -0.3 is 5.32 Å². The Morgan fingerprint density at radius 3 is 2.95 bits per heavy atom. The smallest absolute Gasteiger partial charge is 0.0872 e. The molecule has 0 bridgehead atoms. The third-order valence-electron chi connectivity index (χ3n) is 3.74. The van der Waals surface area contributed by atoms with E-state index in [9.17, 15) is 0 Å². The first-order chi connectivity index (χ1) is 9.15. The van der Waals surface area contributed by atoms with E-state index in [1.807, 2.05) is 11.7 Å². The summed E-state index contributed by atoms with van der Waals surface area (Å²) >= 11 is 3.57. The van der Waals surface area contributed by atoms with Gasteiger partial charge >= 0.3 is 0 Å². The van der Waals surface area contributed by atoms with E-state index in [4.69, 9.17) is 0 Å². The van der Waals surface area contributed by atoms with E-state index in [-0.39, 0.29) is 0 Å². The summed E-state index contributed by atoms with van der Waals surface area (Å²) in [7, 11) is 2.00. The van der Waals surface area contributed by atoms with Crippen molar-refractivity contribution in [3.63, 3.8) is 0 Å². The molecular formula is C15H18BrN3. The molecule has 3 rings (SSSR count). The lowest BCUT2D eigenvalue weighted by atomic mass is 9.98. The third kappa shape index (κ3) is 2.47. The van der Waals surface area contributed by atoms with Crippen LogP contribution < -0.4 is 5.32 Å². The van der Waals surface area contributed by atoms with Crippen LogP contribution >= 0.6 is 15.9 Å². The first-order valence-electron chi connectivity index (χ1n) is 6.68. The Morgan fingerprint density at radius 1 is 1.37 bits per heavy atom. The van der Waals surface area contributed by atoms with Crippen LogP contribution in [0.1, 0.15) is 30.1 Å². The predicted octanol–water partition coefficient (Wildman–Crippen LogP) is 3.58. The molecule has 100 valence electrons. The van der Waals surface area contributed by atoms with E-state index in [0.29, 0.717) is 6.04 Å². The van der Waals surface area contributed by atoms with Gasteiger partial charge in [0, 0.05) is 23.3 Å². The Kier molecular flexibility index (Phi) is 3.46. The third-order valence-corrected chi connectivity index (χ3v) is 4.23. The van der Waals surface area contributed by atoms with Crippen molar-refractivity contribution in [2.45, 2.75) is 25.8 Å². The molecule has 0 saturated carbocycles. The maximum atomic E-state index is 4.68. The van der Waals surface area contributed by atoms with Crippen molar-refractivity contribution < 1.29 is 0 Å². The van der Waals surface area contributed by atoms with Crippen LogP contribution in [0.2, 0.25) is 0 Å². The van der Waals surface area contributed by atoms with Crippen LogP contribution in [0.4, 0.5) is 0 Å². The Labute approximate surface area is 122 Å². The number of aryl methyl sites for hydroxylation is 2. The molecule has 3 nitrogen and oxygen atoms in total. The Hall–Kier alpha value is -1.13. The molecule has 2 aromatic rings. The van der Waals surface area contributed by atoms with Crippen LogP contribution in [0.25, 0.3) is 11.1 Å². The number of halogens is 1. The van der Waals surface area contributed by atoms with Crippen LogP contribution in [0.3, 0.4) is 0 Å². The molecule has 4 heteroatoms. The SMILES string of the molecule is Cc1ccc(Br)cc1-c1cn(C)nc1C1CCCN1. The average molecular weight is 320 g/mol. The summed E-state index contributed by atoms with van der Waals surface area (Å²) in [6, 6.07) is 6.82. The highest BCUT2D eigenvalue weighted by atomic mass is 79.9. The summed E-state index contributed by atoms with van der Waals surface area (Å²) in [6.45, 7) is 3.25. The second-order valence-corrected chi connectivity index (χ2v) is 6.13. The molecule has 2 heterocycles. The molecule has 1 saturated heterocycles. The fraction of sp³-hybridized carbons (Fsp3) is 0.400. The van der Waals surface area contributed by atoms with E-state index in [0.717, 1.165) is 11.0 Å². The summed E-state index contributed by atoms with van der Waals surface area (Å²) in [5.74, 6) is 0. The molecule has 1 aromatic heterocycles. The van der Waals surface area contributed by atoms with Crippen molar-refractivity contribution in [2.75, 3.05) is 6.54 Å². The molecule has 1 atom stereocenters. The number of hydrogen-bond donors (Lipinski definition) is 1. The van der Waals surface area contributed by atoms with Crippen LogP contribution in [-0.4, -0.2) is 16.3 Å². The summed E-state index contributed by atoms with van der Waals surface area (Å²) in [5.41, 5.74) is 4.99. The second kappa shape index (κ2) is 5.10. The van der Waals surface area contributed by atoms with Crippen LogP contribution in [0.5, 0.6) is 0 Å². The minimum atomic E-state index is 0.398. The molecule has 1 aliphatic heterocycles. The molecule has 1 aromatic carbocycles. The van der Waals surface area contributed by atoms with Gasteiger partial charge in [-0.3, -0.25) is 4.68 Å². The molecule has 1 aliphatic rings. The van der Waals surface area contributed by atoms with Crippen molar-refractivity contribution >= 4 is 15.9 Å². The zero-order chi connectivity index (χ0) is 13.4. The Morgan fingerprint density at radius 2 is 2.21 bits per heavy atom. The number of aromatic nitrogens is 2. The number of nitrogens with zero attached hydrogens (tertiary/aromatic N) is 2. The van der Waals surface area contributed by atoms with Gasteiger partial charge in [-0.15, -0.1) is 0 Å². The van der Waals surface area contributed by atoms with Crippen molar-refractivity contribution in [3.05, 3.63) is 40.1 Å². The lowest BCUT2D eigenvalue weighted by molar-refractivity contribution is 0.607. The molecule has 0 amide bonds. The first-order valence-corrected chi connectivity index (χ1v) is 7.48. The molecule has 0 aliphatic carbocycles. The fourth-order valence-electron chi connectivity index (χ4n) is 2.77. The maximum absolute atomic E-state index is 4.68. The molecule has 1 N–H and O–H groups in total. The highest BCUT2D eigenvalue weighted by molar-refractivity contribution is 9.10. The molecule has 19 heavy (non-hydrogen) atoms. The molecule has 0 spiro atoms. The van der Waals surface area contributed by atoms with E-state index in [1.54, 1.807) is 0 Å². The normalized spacial score (nSPS) is 19.0. The molecule has 1 fully saturated rings. The lowest BCUT2D eigenvalue weighted by Crippen LogP contribution is -2.14. The number of hydrogen-bond acceptors (Lipinski definition) is 2. The second-order valence-electron chi connectivity index (χ2n) is 5.21. The minimum Gasteiger partial charge on any atom is -0.309 e. The van der Waals surface area contributed by atoms with Crippen LogP contribution in [0, 0.1) is 6.92 Å². The fourth-order valence-corrected chi connectivity index (χ4v) is 3.13.